The number of rotatable bonds is 4. The summed E-state index contributed by atoms with van der Waals surface area (Å²) in [6.45, 7) is 1.73. The van der Waals surface area contributed by atoms with Crippen molar-refractivity contribution in [3.05, 3.63) is 30.3 Å². The van der Waals surface area contributed by atoms with Crippen LogP contribution >= 0.6 is 0 Å². The van der Waals surface area contributed by atoms with E-state index in [4.69, 9.17) is 5.73 Å². The van der Waals surface area contributed by atoms with Crippen molar-refractivity contribution in [2.75, 3.05) is 17.9 Å². The first-order chi connectivity index (χ1) is 7.00. The summed E-state index contributed by atoms with van der Waals surface area (Å²) in [6, 6.07) is 8.95. The van der Waals surface area contributed by atoms with Crippen LogP contribution in [0.2, 0.25) is 0 Å². The Labute approximate surface area is 90.8 Å². The van der Waals surface area contributed by atoms with Gasteiger partial charge in [-0.3, -0.25) is 4.31 Å². The van der Waals surface area contributed by atoms with Crippen molar-refractivity contribution in [3.63, 3.8) is 0 Å². The highest BCUT2D eigenvalue weighted by atomic mass is 32.2. The van der Waals surface area contributed by atoms with Crippen molar-refractivity contribution >= 4 is 15.7 Å². The molecule has 1 aromatic carbocycles. The Morgan fingerprint density at radius 2 is 1.87 bits per heavy atom. The van der Waals surface area contributed by atoms with Crippen LogP contribution in [0.15, 0.2) is 30.3 Å². The lowest BCUT2D eigenvalue weighted by molar-refractivity contribution is 0.582. The molecule has 2 N–H and O–H groups in total. The molecular weight excluding hydrogens is 212 g/mol. The summed E-state index contributed by atoms with van der Waals surface area (Å²) in [5.74, 6) is 0. The molecule has 1 atom stereocenters. The van der Waals surface area contributed by atoms with E-state index in [1.54, 1.807) is 31.2 Å². The molecule has 0 heterocycles. The number of hydrogen-bond acceptors (Lipinski definition) is 3. The van der Waals surface area contributed by atoms with Crippen molar-refractivity contribution in [3.8, 4) is 0 Å². The smallest absolute Gasteiger partial charge is 0.238 e. The molecule has 0 fully saturated rings. The molecule has 0 spiro atoms. The Morgan fingerprint density at radius 1 is 1.33 bits per heavy atom. The van der Waals surface area contributed by atoms with Gasteiger partial charge < -0.3 is 5.73 Å². The Balaban J connectivity index is 3.00. The molecular formula is C10H16N2O2S. The van der Waals surface area contributed by atoms with Gasteiger partial charge >= 0.3 is 0 Å². The minimum Gasteiger partial charge on any atom is -0.329 e. The molecule has 84 valence electrons. The van der Waals surface area contributed by atoms with Gasteiger partial charge in [-0.2, -0.15) is 0 Å². The largest absolute Gasteiger partial charge is 0.329 e. The minimum absolute atomic E-state index is 0.125. The van der Waals surface area contributed by atoms with Crippen LogP contribution in [0.4, 0.5) is 5.69 Å². The van der Waals surface area contributed by atoms with E-state index in [1.165, 1.54) is 11.4 Å². The molecule has 0 radical (unpaired) electrons. The first kappa shape index (κ1) is 12.0. The van der Waals surface area contributed by atoms with Crippen molar-refractivity contribution in [2.24, 2.45) is 5.73 Å². The van der Waals surface area contributed by atoms with Gasteiger partial charge in [0.2, 0.25) is 10.0 Å². The number of sulfonamides is 1. The van der Waals surface area contributed by atoms with Crippen molar-refractivity contribution < 1.29 is 8.42 Å². The van der Waals surface area contributed by atoms with E-state index in [2.05, 4.69) is 0 Å². The number of nitrogens with zero attached hydrogens (tertiary/aromatic N) is 1. The molecule has 1 rings (SSSR count). The lowest BCUT2D eigenvalue weighted by Gasteiger charge is -2.22. The van der Waals surface area contributed by atoms with Crippen LogP contribution in [-0.4, -0.2) is 27.3 Å². The van der Waals surface area contributed by atoms with Crippen LogP contribution in [0.1, 0.15) is 6.92 Å². The monoisotopic (exact) mass is 228 g/mol. The van der Waals surface area contributed by atoms with E-state index < -0.39 is 15.3 Å². The Kier molecular flexibility index (Phi) is 3.71. The van der Waals surface area contributed by atoms with Crippen LogP contribution in [0.25, 0.3) is 0 Å². The van der Waals surface area contributed by atoms with Crippen LogP contribution in [0.3, 0.4) is 0 Å². The molecule has 1 unspecified atom stereocenters. The van der Waals surface area contributed by atoms with Gasteiger partial charge in [0.15, 0.2) is 0 Å². The van der Waals surface area contributed by atoms with Gasteiger partial charge in [-0.1, -0.05) is 18.2 Å². The quantitative estimate of drug-likeness (QED) is 0.829. The minimum atomic E-state index is -3.33. The predicted octanol–water partition coefficient (Wildman–Crippen LogP) is 0.800. The van der Waals surface area contributed by atoms with E-state index in [-0.39, 0.29) is 6.54 Å². The third-order valence-electron chi connectivity index (χ3n) is 2.34. The van der Waals surface area contributed by atoms with Crippen molar-refractivity contribution in [1.82, 2.24) is 0 Å². The Morgan fingerprint density at radius 3 is 2.33 bits per heavy atom. The van der Waals surface area contributed by atoms with E-state index in [1.807, 2.05) is 6.07 Å². The van der Waals surface area contributed by atoms with Gasteiger partial charge in [0.25, 0.3) is 0 Å². The first-order valence-electron chi connectivity index (χ1n) is 4.73. The van der Waals surface area contributed by atoms with Crippen LogP contribution in [-0.2, 0) is 10.0 Å². The van der Waals surface area contributed by atoms with Crippen LogP contribution < -0.4 is 10.0 Å². The third-order valence-corrected chi connectivity index (χ3v) is 4.53. The molecule has 0 bridgehead atoms. The summed E-state index contributed by atoms with van der Waals surface area (Å²) in [5, 5.41) is -0.567. The van der Waals surface area contributed by atoms with E-state index >= 15 is 0 Å². The number of anilines is 1. The molecule has 0 aromatic heterocycles. The number of nitrogens with two attached hydrogens (primary N) is 1. The topological polar surface area (TPSA) is 63.4 Å². The molecule has 0 saturated heterocycles. The van der Waals surface area contributed by atoms with Gasteiger partial charge in [0.05, 0.1) is 10.9 Å². The molecule has 1 aromatic rings. The zero-order chi connectivity index (χ0) is 11.5. The van der Waals surface area contributed by atoms with Crippen molar-refractivity contribution in [2.45, 2.75) is 12.2 Å². The predicted molar refractivity (Wildman–Crippen MR) is 62.3 cm³/mol. The number of para-hydroxylation sites is 1. The second-order valence-corrected chi connectivity index (χ2v) is 5.78. The lowest BCUT2D eigenvalue weighted by atomic mass is 10.3. The molecule has 0 aliphatic heterocycles. The first-order valence-corrected chi connectivity index (χ1v) is 6.23. The lowest BCUT2D eigenvalue weighted by Crippen LogP contribution is -2.38. The number of benzene rings is 1. The van der Waals surface area contributed by atoms with E-state index in [0.29, 0.717) is 5.69 Å². The maximum absolute atomic E-state index is 11.9. The molecule has 4 nitrogen and oxygen atoms in total. The molecule has 0 amide bonds. The molecule has 5 heteroatoms. The second kappa shape index (κ2) is 4.63. The summed E-state index contributed by atoms with van der Waals surface area (Å²) in [5.41, 5.74) is 6.02. The third kappa shape index (κ3) is 2.49. The van der Waals surface area contributed by atoms with Gasteiger partial charge in [-0.15, -0.1) is 0 Å². The SMILES string of the molecule is CC(CN)S(=O)(=O)N(C)c1ccccc1. The number of hydrogen-bond donors (Lipinski definition) is 1. The average Bonchev–Trinajstić information content (AvgIpc) is 2.28. The maximum atomic E-state index is 11.9. The van der Waals surface area contributed by atoms with Gasteiger partial charge in [-0.05, 0) is 19.1 Å². The summed E-state index contributed by atoms with van der Waals surface area (Å²) in [7, 11) is -1.80. The van der Waals surface area contributed by atoms with E-state index in [9.17, 15) is 8.42 Å². The molecule has 0 saturated carbocycles. The summed E-state index contributed by atoms with van der Waals surface area (Å²) in [6.07, 6.45) is 0. The highest BCUT2D eigenvalue weighted by Crippen LogP contribution is 2.17. The molecule has 15 heavy (non-hydrogen) atoms. The molecule has 0 aliphatic rings. The highest BCUT2D eigenvalue weighted by Gasteiger charge is 2.24. The fourth-order valence-corrected chi connectivity index (χ4v) is 2.37. The molecule has 0 aliphatic carbocycles. The van der Waals surface area contributed by atoms with Gasteiger partial charge in [0.1, 0.15) is 0 Å². The fourth-order valence-electron chi connectivity index (χ4n) is 1.18. The fraction of sp³-hybridized carbons (Fsp3) is 0.400. The second-order valence-electron chi connectivity index (χ2n) is 3.39. The van der Waals surface area contributed by atoms with Gasteiger partial charge in [-0.25, -0.2) is 8.42 Å². The normalized spacial score (nSPS) is 13.5. The maximum Gasteiger partial charge on any atom is 0.238 e. The van der Waals surface area contributed by atoms with Crippen LogP contribution in [0.5, 0.6) is 0 Å². The summed E-state index contributed by atoms with van der Waals surface area (Å²) >= 11 is 0. The van der Waals surface area contributed by atoms with E-state index in [0.717, 1.165) is 0 Å². The highest BCUT2D eigenvalue weighted by molar-refractivity contribution is 7.93. The zero-order valence-electron chi connectivity index (χ0n) is 8.92. The zero-order valence-corrected chi connectivity index (χ0v) is 9.74. The standard InChI is InChI=1S/C10H16N2O2S/c1-9(8-11)15(13,14)12(2)10-6-4-3-5-7-10/h3-7,9H,8,11H2,1-2H3. The van der Waals surface area contributed by atoms with Crippen molar-refractivity contribution in [1.29, 1.82) is 0 Å². The Hall–Kier alpha value is -1.07. The van der Waals surface area contributed by atoms with Crippen LogP contribution in [0, 0.1) is 0 Å². The summed E-state index contributed by atoms with van der Waals surface area (Å²) in [4.78, 5) is 0. The van der Waals surface area contributed by atoms with Gasteiger partial charge in [0, 0.05) is 13.6 Å². The average molecular weight is 228 g/mol. The summed E-state index contributed by atoms with van der Waals surface area (Å²) < 4.78 is 25.1. The Bertz CT molecular complexity index is 403.